The molecular formula is C12H23NO3. The summed E-state index contributed by atoms with van der Waals surface area (Å²) in [5.74, 6) is 0. The highest BCUT2D eigenvalue weighted by atomic mass is 16.6. The van der Waals surface area contributed by atoms with E-state index in [0.717, 1.165) is 12.8 Å². The second-order valence-electron chi connectivity index (χ2n) is 6.32. The predicted molar refractivity (Wildman–Crippen MR) is 63.0 cm³/mol. The van der Waals surface area contributed by atoms with Crippen LogP contribution in [0.1, 0.15) is 47.5 Å². The van der Waals surface area contributed by atoms with E-state index in [2.05, 4.69) is 27.7 Å². The maximum Gasteiger partial charge on any atom is 0.233 e. The summed E-state index contributed by atoms with van der Waals surface area (Å²) in [4.78, 5) is 10.3. The van der Waals surface area contributed by atoms with Gasteiger partial charge in [-0.2, -0.15) is 0 Å². The zero-order valence-electron chi connectivity index (χ0n) is 10.9. The third-order valence-corrected chi connectivity index (χ3v) is 3.70. The smallest absolute Gasteiger partial charge is 0.233 e. The van der Waals surface area contributed by atoms with Crippen LogP contribution in [0.3, 0.4) is 0 Å². The third kappa shape index (κ3) is 2.73. The van der Waals surface area contributed by atoms with Crippen LogP contribution in [0.5, 0.6) is 0 Å². The molecule has 1 fully saturated rings. The molecule has 0 bridgehead atoms. The van der Waals surface area contributed by atoms with E-state index in [1.807, 2.05) is 0 Å². The van der Waals surface area contributed by atoms with Crippen molar-refractivity contribution >= 4 is 0 Å². The molecule has 4 heteroatoms. The zero-order chi connectivity index (χ0) is 12.6. The Morgan fingerprint density at radius 3 is 2.12 bits per heavy atom. The second-order valence-corrected chi connectivity index (χ2v) is 6.32. The van der Waals surface area contributed by atoms with E-state index >= 15 is 0 Å². The minimum absolute atomic E-state index is 0.113. The van der Waals surface area contributed by atoms with Gasteiger partial charge in [0.25, 0.3) is 0 Å². The molecule has 1 aliphatic rings. The first-order valence-electron chi connectivity index (χ1n) is 5.92. The third-order valence-electron chi connectivity index (χ3n) is 3.70. The fraction of sp³-hybridized carbons (Fsp3) is 1.00. The summed E-state index contributed by atoms with van der Waals surface area (Å²) in [7, 11) is 0. The second kappa shape index (κ2) is 4.32. The van der Waals surface area contributed by atoms with E-state index in [1.54, 1.807) is 6.92 Å². The summed E-state index contributed by atoms with van der Waals surface area (Å²) in [5.41, 5.74) is 0.250. The van der Waals surface area contributed by atoms with E-state index < -0.39 is 6.04 Å². The van der Waals surface area contributed by atoms with Crippen molar-refractivity contribution in [2.45, 2.75) is 59.6 Å². The van der Waals surface area contributed by atoms with Gasteiger partial charge in [0.15, 0.2) is 0 Å². The molecule has 0 saturated heterocycles. The van der Waals surface area contributed by atoms with Crippen LogP contribution in [0.15, 0.2) is 0 Å². The Hall–Kier alpha value is -0.640. The maximum atomic E-state index is 10.6. The topological polar surface area (TPSA) is 52.4 Å². The van der Waals surface area contributed by atoms with Gasteiger partial charge in [-0.3, -0.25) is 10.1 Å². The lowest BCUT2D eigenvalue weighted by Gasteiger charge is -2.35. The number of nitrogens with zero attached hydrogens (tertiary/aromatic N) is 1. The molecular weight excluding hydrogens is 206 g/mol. The van der Waals surface area contributed by atoms with Gasteiger partial charge in [0.1, 0.15) is 6.61 Å². The van der Waals surface area contributed by atoms with Crippen LogP contribution in [0.2, 0.25) is 0 Å². The largest absolute Gasteiger partial charge is 0.370 e. The van der Waals surface area contributed by atoms with Gasteiger partial charge in [-0.05, 0) is 23.7 Å². The van der Waals surface area contributed by atoms with Gasteiger partial charge in [0, 0.05) is 11.8 Å². The van der Waals surface area contributed by atoms with Crippen molar-refractivity contribution in [3.8, 4) is 0 Å². The van der Waals surface area contributed by atoms with Crippen LogP contribution in [-0.4, -0.2) is 23.7 Å². The Morgan fingerprint density at radius 1 is 1.31 bits per heavy atom. The normalized spacial score (nSPS) is 25.6. The summed E-state index contributed by atoms with van der Waals surface area (Å²) in [6, 6.07) is -0.618. The number of nitro groups is 1. The van der Waals surface area contributed by atoms with Crippen molar-refractivity contribution in [2.75, 3.05) is 6.61 Å². The van der Waals surface area contributed by atoms with E-state index in [1.165, 1.54) is 0 Å². The van der Waals surface area contributed by atoms with Gasteiger partial charge >= 0.3 is 0 Å². The summed E-state index contributed by atoms with van der Waals surface area (Å²) >= 11 is 0. The van der Waals surface area contributed by atoms with Crippen LogP contribution in [0.4, 0.5) is 0 Å². The summed E-state index contributed by atoms with van der Waals surface area (Å²) in [5, 5.41) is 10.6. The first kappa shape index (κ1) is 13.4. The van der Waals surface area contributed by atoms with Crippen LogP contribution >= 0.6 is 0 Å². The number of rotatable bonds is 4. The molecule has 94 valence electrons. The molecule has 16 heavy (non-hydrogen) atoms. The SMILES string of the molecule is CC(COC1C(C)(C)CCC1(C)C)[N+](=O)[O-]. The highest BCUT2D eigenvalue weighted by Crippen LogP contribution is 2.50. The lowest BCUT2D eigenvalue weighted by molar-refractivity contribution is -0.523. The van der Waals surface area contributed by atoms with Gasteiger partial charge in [-0.15, -0.1) is 0 Å². The monoisotopic (exact) mass is 229 g/mol. The molecule has 0 radical (unpaired) electrons. The number of ether oxygens (including phenoxy) is 1. The van der Waals surface area contributed by atoms with Gasteiger partial charge in [0.05, 0.1) is 6.10 Å². The fourth-order valence-corrected chi connectivity index (χ4v) is 2.71. The molecule has 0 aliphatic heterocycles. The highest BCUT2D eigenvalue weighted by Gasteiger charge is 2.48. The average molecular weight is 229 g/mol. The molecule has 0 heterocycles. The Bertz CT molecular complexity index is 257. The predicted octanol–water partition coefficient (Wildman–Crippen LogP) is 2.88. The van der Waals surface area contributed by atoms with Crippen LogP contribution in [0.25, 0.3) is 0 Å². The summed E-state index contributed by atoms with van der Waals surface area (Å²) < 4.78 is 5.81. The van der Waals surface area contributed by atoms with Crippen LogP contribution in [-0.2, 0) is 4.74 Å². The fourth-order valence-electron chi connectivity index (χ4n) is 2.71. The Labute approximate surface area is 97.5 Å². The molecule has 1 atom stereocenters. The van der Waals surface area contributed by atoms with E-state index in [-0.39, 0.29) is 28.5 Å². The molecule has 1 rings (SSSR count). The quantitative estimate of drug-likeness (QED) is 0.550. The molecule has 4 nitrogen and oxygen atoms in total. The zero-order valence-corrected chi connectivity index (χ0v) is 10.9. The van der Waals surface area contributed by atoms with E-state index in [9.17, 15) is 10.1 Å². The summed E-state index contributed by atoms with van der Waals surface area (Å²) in [6.45, 7) is 10.5. The number of hydrogen-bond acceptors (Lipinski definition) is 3. The van der Waals surface area contributed by atoms with E-state index in [0.29, 0.717) is 0 Å². The molecule has 0 aromatic rings. The van der Waals surface area contributed by atoms with Crippen molar-refractivity contribution in [2.24, 2.45) is 10.8 Å². The van der Waals surface area contributed by atoms with Crippen LogP contribution in [0, 0.1) is 20.9 Å². The molecule has 0 spiro atoms. The number of hydrogen-bond donors (Lipinski definition) is 0. The minimum Gasteiger partial charge on any atom is -0.370 e. The Morgan fingerprint density at radius 2 is 1.75 bits per heavy atom. The molecule has 1 aliphatic carbocycles. The molecule has 0 aromatic heterocycles. The molecule has 1 saturated carbocycles. The van der Waals surface area contributed by atoms with Gasteiger partial charge < -0.3 is 4.74 Å². The van der Waals surface area contributed by atoms with Crippen molar-refractivity contribution in [1.82, 2.24) is 0 Å². The molecule has 1 unspecified atom stereocenters. The van der Waals surface area contributed by atoms with Gasteiger partial charge in [-0.1, -0.05) is 27.7 Å². The van der Waals surface area contributed by atoms with Gasteiger partial charge in [-0.25, -0.2) is 0 Å². The standard InChI is InChI=1S/C12H23NO3/c1-9(13(14)15)8-16-10-11(2,3)6-7-12(10,4)5/h9-10H,6-8H2,1-5H3. The Kier molecular flexibility index (Phi) is 3.62. The lowest BCUT2D eigenvalue weighted by Crippen LogP contribution is -2.38. The maximum absolute atomic E-state index is 10.6. The van der Waals surface area contributed by atoms with E-state index in [4.69, 9.17) is 4.74 Å². The van der Waals surface area contributed by atoms with Crippen molar-refractivity contribution < 1.29 is 9.66 Å². The lowest BCUT2D eigenvalue weighted by atomic mass is 9.81. The van der Waals surface area contributed by atoms with Gasteiger partial charge in [0.2, 0.25) is 6.04 Å². The average Bonchev–Trinajstić information content (AvgIpc) is 2.33. The van der Waals surface area contributed by atoms with Crippen LogP contribution < -0.4 is 0 Å². The molecule has 0 aromatic carbocycles. The first-order valence-corrected chi connectivity index (χ1v) is 5.92. The van der Waals surface area contributed by atoms with Crippen molar-refractivity contribution in [1.29, 1.82) is 0 Å². The minimum atomic E-state index is -0.618. The Balaban J connectivity index is 2.61. The van der Waals surface area contributed by atoms with Crippen molar-refractivity contribution in [3.63, 3.8) is 0 Å². The summed E-state index contributed by atoms with van der Waals surface area (Å²) in [6.07, 6.45) is 2.36. The highest BCUT2D eigenvalue weighted by molar-refractivity contribution is 4.97. The van der Waals surface area contributed by atoms with Crippen molar-refractivity contribution in [3.05, 3.63) is 10.1 Å². The first-order chi connectivity index (χ1) is 7.17. The molecule has 0 amide bonds. The molecule has 0 N–H and O–H groups in total.